The highest BCUT2D eigenvalue weighted by atomic mass is 16.6. The predicted molar refractivity (Wildman–Crippen MR) is 83.1 cm³/mol. The summed E-state index contributed by atoms with van der Waals surface area (Å²) in [6, 6.07) is 5.93. The van der Waals surface area contributed by atoms with Gasteiger partial charge in [0.2, 0.25) is 0 Å². The number of carbonyl (C=O) groups excluding carboxylic acids is 3. The third-order valence-electron chi connectivity index (χ3n) is 3.16. The summed E-state index contributed by atoms with van der Waals surface area (Å²) >= 11 is 0. The van der Waals surface area contributed by atoms with Crippen molar-refractivity contribution in [3.8, 4) is 5.75 Å². The molecule has 1 N–H and O–H groups in total. The Kier molecular flexibility index (Phi) is 7.80. The van der Waals surface area contributed by atoms with E-state index in [4.69, 9.17) is 9.47 Å². The minimum Gasteiger partial charge on any atom is -0.507 e. The number of carbonyl (C=O) groups is 3. The van der Waals surface area contributed by atoms with Gasteiger partial charge >= 0.3 is 11.9 Å². The molecule has 1 unspecified atom stereocenters. The predicted octanol–water partition coefficient (Wildman–Crippen LogP) is 2.63. The van der Waals surface area contributed by atoms with E-state index >= 15 is 0 Å². The zero-order valence-corrected chi connectivity index (χ0v) is 13.4. The summed E-state index contributed by atoms with van der Waals surface area (Å²) in [5, 5.41) is 9.55. The second-order valence-corrected chi connectivity index (χ2v) is 5.24. The molecule has 0 heterocycles. The van der Waals surface area contributed by atoms with Crippen molar-refractivity contribution in [1.29, 1.82) is 0 Å². The smallest absolute Gasteiger partial charge is 0.347 e. The van der Waals surface area contributed by atoms with Crippen LogP contribution in [0.5, 0.6) is 5.75 Å². The first kappa shape index (κ1) is 18.7. The maximum absolute atomic E-state index is 11.8. The molecule has 0 saturated heterocycles. The molecular weight excluding hydrogens is 300 g/mol. The molecule has 0 amide bonds. The van der Waals surface area contributed by atoms with E-state index in [1.807, 2.05) is 0 Å². The van der Waals surface area contributed by atoms with Crippen LogP contribution in [0.4, 0.5) is 0 Å². The van der Waals surface area contributed by atoms with Gasteiger partial charge in [0.15, 0.2) is 6.10 Å². The van der Waals surface area contributed by atoms with E-state index in [1.54, 1.807) is 19.1 Å². The second-order valence-electron chi connectivity index (χ2n) is 5.24. The summed E-state index contributed by atoms with van der Waals surface area (Å²) in [5.74, 6) is -1.48. The van der Waals surface area contributed by atoms with Gasteiger partial charge in [0.05, 0.1) is 6.61 Å². The molecule has 0 fully saturated rings. The van der Waals surface area contributed by atoms with Crippen molar-refractivity contribution in [1.82, 2.24) is 0 Å². The summed E-state index contributed by atoms with van der Waals surface area (Å²) in [4.78, 5) is 34.3. The molecule has 0 aliphatic rings. The highest BCUT2D eigenvalue weighted by molar-refractivity contribution is 5.93. The maximum Gasteiger partial charge on any atom is 0.347 e. The fourth-order valence-electron chi connectivity index (χ4n) is 1.86. The number of ether oxygens (including phenoxy) is 2. The fourth-order valence-corrected chi connectivity index (χ4v) is 1.86. The SMILES string of the molecule is CC(=O)CCCCCOC(=O)C(C)OC(=O)c1ccccc1O. The van der Waals surface area contributed by atoms with Crippen molar-refractivity contribution in [3.05, 3.63) is 29.8 Å². The topological polar surface area (TPSA) is 89.9 Å². The minimum atomic E-state index is -1.06. The number of benzene rings is 1. The lowest BCUT2D eigenvalue weighted by Crippen LogP contribution is -2.26. The van der Waals surface area contributed by atoms with Gasteiger partial charge in [-0.25, -0.2) is 9.59 Å². The van der Waals surface area contributed by atoms with Gasteiger partial charge in [-0.15, -0.1) is 0 Å². The van der Waals surface area contributed by atoms with Crippen LogP contribution in [0.3, 0.4) is 0 Å². The molecule has 6 nitrogen and oxygen atoms in total. The molecule has 0 spiro atoms. The first-order valence-electron chi connectivity index (χ1n) is 7.57. The third-order valence-corrected chi connectivity index (χ3v) is 3.16. The lowest BCUT2D eigenvalue weighted by molar-refractivity contribution is -0.153. The number of hydrogen-bond acceptors (Lipinski definition) is 6. The number of ketones is 1. The van der Waals surface area contributed by atoms with E-state index in [9.17, 15) is 19.5 Å². The Labute approximate surface area is 135 Å². The molecule has 1 aromatic rings. The van der Waals surface area contributed by atoms with Crippen molar-refractivity contribution < 1.29 is 29.0 Å². The number of Topliss-reactive ketones (excluding diaryl/α,β-unsaturated/α-hetero) is 1. The highest BCUT2D eigenvalue weighted by Crippen LogP contribution is 2.17. The molecule has 0 saturated carbocycles. The first-order valence-corrected chi connectivity index (χ1v) is 7.57. The zero-order chi connectivity index (χ0) is 17.2. The van der Waals surface area contributed by atoms with Crippen LogP contribution in [-0.4, -0.2) is 35.5 Å². The molecule has 1 aromatic carbocycles. The summed E-state index contributed by atoms with van der Waals surface area (Å²) in [6.45, 7) is 3.17. The average molecular weight is 322 g/mol. The molecule has 1 rings (SSSR count). The molecule has 126 valence electrons. The van der Waals surface area contributed by atoms with Crippen molar-refractivity contribution >= 4 is 17.7 Å². The van der Waals surface area contributed by atoms with Crippen molar-refractivity contribution in [2.24, 2.45) is 0 Å². The Morgan fingerprint density at radius 1 is 1.13 bits per heavy atom. The van der Waals surface area contributed by atoms with Crippen LogP contribution < -0.4 is 0 Å². The highest BCUT2D eigenvalue weighted by Gasteiger charge is 2.21. The molecular formula is C17H22O6. The van der Waals surface area contributed by atoms with E-state index < -0.39 is 18.0 Å². The van der Waals surface area contributed by atoms with Gasteiger partial charge < -0.3 is 19.4 Å². The van der Waals surface area contributed by atoms with E-state index in [0.717, 1.165) is 12.8 Å². The summed E-state index contributed by atoms with van der Waals surface area (Å²) in [6.07, 6.45) is 1.69. The van der Waals surface area contributed by atoms with Crippen LogP contribution in [-0.2, 0) is 19.1 Å². The molecule has 0 radical (unpaired) electrons. The molecule has 1 atom stereocenters. The monoisotopic (exact) mass is 322 g/mol. The maximum atomic E-state index is 11.8. The molecule has 0 aliphatic carbocycles. The Hall–Kier alpha value is -2.37. The largest absolute Gasteiger partial charge is 0.507 e. The summed E-state index contributed by atoms with van der Waals surface area (Å²) < 4.78 is 9.98. The summed E-state index contributed by atoms with van der Waals surface area (Å²) in [7, 11) is 0. The quantitative estimate of drug-likeness (QED) is 0.555. The average Bonchev–Trinajstić information content (AvgIpc) is 2.50. The minimum absolute atomic E-state index is 0.00335. The van der Waals surface area contributed by atoms with E-state index in [2.05, 4.69) is 0 Å². The lowest BCUT2D eigenvalue weighted by atomic mass is 10.1. The van der Waals surface area contributed by atoms with E-state index in [1.165, 1.54) is 19.1 Å². The molecule has 0 aromatic heterocycles. The standard InChI is InChI=1S/C17H22O6/c1-12(18)8-4-3-7-11-22-16(20)13(2)23-17(21)14-9-5-6-10-15(14)19/h5-6,9-10,13,19H,3-4,7-8,11H2,1-2H3. The Morgan fingerprint density at radius 2 is 1.83 bits per heavy atom. The van der Waals surface area contributed by atoms with Crippen LogP contribution >= 0.6 is 0 Å². The number of rotatable bonds is 9. The fraction of sp³-hybridized carbons (Fsp3) is 0.471. The first-order chi connectivity index (χ1) is 10.9. The molecule has 0 bridgehead atoms. The van der Waals surface area contributed by atoms with Gasteiger partial charge in [0, 0.05) is 6.42 Å². The Bertz CT molecular complexity index is 552. The summed E-state index contributed by atoms with van der Waals surface area (Å²) in [5.41, 5.74) is -0.00335. The van der Waals surface area contributed by atoms with Gasteiger partial charge in [0.1, 0.15) is 17.1 Å². The number of aromatic hydroxyl groups is 1. The van der Waals surface area contributed by atoms with E-state index in [-0.39, 0.29) is 23.7 Å². The zero-order valence-electron chi connectivity index (χ0n) is 13.4. The Morgan fingerprint density at radius 3 is 2.48 bits per heavy atom. The van der Waals surface area contributed by atoms with Crippen LogP contribution in [0, 0.1) is 0 Å². The van der Waals surface area contributed by atoms with Crippen molar-refractivity contribution in [2.45, 2.75) is 45.6 Å². The van der Waals surface area contributed by atoms with Crippen LogP contribution in [0.1, 0.15) is 49.9 Å². The number of phenolic OH excluding ortho intramolecular Hbond substituents is 1. The van der Waals surface area contributed by atoms with Crippen molar-refractivity contribution in [2.75, 3.05) is 6.61 Å². The molecule has 23 heavy (non-hydrogen) atoms. The van der Waals surface area contributed by atoms with Crippen LogP contribution in [0.25, 0.3) is 0 Å². The van der Waals surface area contributed by atoms with Crippen LogP contribution in [0.2, 0.25) is 0 Å². The number of para-hydroxylation sites is 1. The normalized spacial score (nSPS) is 11.6. The van der Waals surface area contributed by atoms with Gasteiger partial charge in [-0.3, -0.25) is 0 Å². The van der Waals surface area contributed by atoms with Gasteiger partial charge in [-0.05, 0) is 45.2 Å². The van der Waals surface area contributed by atoms with Gasteiger partial charge in [-0.2, -0.15) is 0 Å². The Balaban J connectivity index is 2.30. The number of esters is 2. The van der Waals surface area contributed by atoms with Gasteiger partial charge in [0.25, 0.3) is 0 Å². The van der Waals surface area contributed by atoms with Gasteiger partial charge in [-0.1, -0.05) is 12.1 Å². The number of unbranched alkanes of at least 4 members (excludes halogenated alkanes) is 2. The second kappa shape index (κ2) is 9.61. The van der Waals surface area contributed by atoms with Crippen molar-refractivity contribution in [3.63, 3.8) is 0 Å². The third kappa shape index (κ3) is 6.95. The van der Waals surface area contributed by atoms with E-state index in [0.29, 0.717) is 12.8 Å². The van der Waals surface area contributed by atoms with Crippen LogP contribution in [0.15, 0.2) is 24.3 Å². The molecule has 0 aliphatic heterocycles. The molecule has 6 heteroatoms. The number of phenols is 1. The number of hydrogen-bond donors (Lipinski definition) is 1. The lowest BCUT2D eigenvalue weighted by Gasteiger charge is -2.13.